The van der Waals surface area contributed by atoms with Crippen LogP contribution in [0.15, 0.2) is 29.8 Å². The number of aromatic nitrogens is 3. The Balaban J connectivity index is 1.52. The summed E-state index contributed by atoms with van der Waals surface area (Å²) in [7, 11) is 0. The third-order valence-corrected chi connectivity index (χ3v) is 5.04. The van der Waals surface area contributed by atoms with Gasteiger partial charge >= 0.3 is 0 Å². The molecule has 0 saturated carbocycles. The highest BCUT2D eigenvalue weighted by molar-refractivity contribution is 7.13. The molecule has 1 aliphatic heterocycles. The van der Waals surface area contributed by atoms with E-state index >= 15 is 0 Å². The van der Waals surface area contributed by atoms with Gasteiger partial charge in [0.15, 0.2) is 0 Å². The summed E-state index contributed by atoms with van der Waals surface area (Å²) in [5, 5.41) is 12.3. The lowest BCUT2D eigenvalue weighted by molar-refractivity contribution is -0.121. The maximum atomic E-state index is 12.4. The van der Waals surface area contributed by atoms with Gasteiger partial charge in [-0.05, 0) is 25.0 Å². The van der Waals surface area contributed by atoms with Crippen LogP contribution in [0.1, 0.15) is 18.2 Å². The Bertz CT molecular complexity index is 841. The molecule has 0 spiro atoms. The van der Waals surface area contributed by atoms with Crippen LogP contribution in [0, 0.1) is 0 Å². The number of amides is 1. The number of aromatic amines is 1. The number of nitrogens with one attached hydrogen (secondary N) is 2. The molecule has 1 aromatic carbocycles. The molecule has 2 aromatic heterocycles. The number of fused-ring (bicyclic) bond motifs is 3. The third-order valence-electron chi connectivity index (χ3n) is 4.43. The maximum Gasteiger partial charge on any atom is 0.243 e. The Labute approximate surface area is 137 Å². The normalized spacial score (nSPS) is 16.2. The highest BCUT2D eigenvalue weighted by atomic mass is 32.1. The van der Waals surface area contributed by atoms with Crippen molar-refractivity contribution in [3.63, 3.8) is 0 Å². The van der Waals surface area contributed by atoms with Crippen LogP contribution >= 0.6 is 11.3 Å². The minimum absolute atomic E-state index is 0.0405. The molecule has 0 aliphatic carbocycles. The maximum absolute atomic E-state index is 12.4. The number of hydrogen-bond acceptors (Lipinski definition) is 5. The molecule has 0 fully saturated rings. The van der Waals surface area contributed by atoms with E-state index in [4.69, 9.17) is 0 Å². The van der Waals surface area contributed by atoms with Crippen molar-refractivity contribution in [3.05, 3.63) is 41.0 Å². The van der Waals surface area contributed by atoms with E-state index in [9.17, 15) is 4.79 Å². The number of rotatable bonds is 3. The Morgan fingerprint density at radius 3 is 3.13 bits per heavy atom. The van der Waals surface area contributed by atoms with Crippen molar-refractivity contribution in [2.24, 2.45) is 0 Å². The fourth-order valence-electron chi connectivity index (χ4n) is 3.15. The first kappa shape index (κ1) is 14.3. The summed E-state index contributed by atoms with van der Waals surface area (Å²) in [5.74, 6) is -0.0405. The van der Waals surface area contributed by atoms with Crippen LogP contribution in [0.3, 0.4) is 0 Å². The summed E-state index contributed by atoms with van der Waals surface area (Å²) in [5.41, 5.74) is 5.38. The Morgan fingerprint density at radius 2 is 2.30 bits per heavy atom. The number of carbonyl (C=O) groups excluding carboxylic acids is 1. The monoisotopic (exact) mass is 327 g/mol. The quantitative estimate of drug-likeness (QED) is 0.775. The van der Waals surface area contributed by atoms with Gasteiger partial charge in [0.1, 0.15) is 5.51 Å². The second kappa shape index (κ2) is 5.75. The van der Waals surface area contributed by atoms with Crippen LogP contribution in [0.25, 0.3) is 10.9 Å². The zero-order chi connectivity index (χ0) is 15.8. The van der Waals surface area contributed by atoms with Crippen LogP contribution in [-0.4, -0.2) is 38.6 Å². The number of benzene rings is 1. The third kappa shape index (κ3) is 2.62. The van der Waals surface area contributed by atoms with Gasteiger partial charge in [-0.1, -0.05) is 29.5 Å². The molecule has 7 heteroatoms. The van der Waals surface area contributed by atoms with Gasteiger partial charge in [0.25, 0.3) is 0 Å². The highest BCUT2D eigenvalue weighted by Gasteiger charge is 2.27. The van der Waals surface area contributed by atoms with E-state index < -0.39 is 0 Å². The van der Waals surface area contributed by atoms with Gasteiger partial charge in [0.2, 0.25) is 11.0 Å². The number of hydrogen-bond donors (Lipinski definition) is 2. The van der Waals surface area contributed by atoms with Crippen LogP contribution in [0.4, 0.5) is 5.13 Å². The summed E-state index contributed by atoms with van der Waals surface area (Å²) in [6.45, 7) is 3.57. The number of nitrogens with zero attached hydrogens (tertiary/aromatic N) is 3. The van der Waals surface area contributed by atoms with E-state index in [0.717, 1.165) is 19.5 Å². The van der Waals surface area contributed by atoms with Crippen molar-refractivity contribution < 1.29 is 4.79 Å². The molecule has 4 rings (SSSR count). The van der Waals surface area contributed by atoms with Gasteiger partial charge in [-0.3, -0.25) is 15.0 Å². The number of anilines is 1. The van der Waals surface area contributed by atoms with Crippen molar-refractivity contribution in [2.45, 2.75) is 25.9 Å². The first-order chi connectivity index (χ1) is 11.2. The number of carbonyl (C=O) groups is 1. The molecule has 23 heavy (non-hydrogen) atoms. The second-order valence-electron chi connectivity index (χ2n) is 5.76. The molecule has 1 atom stereocenters. The molecule has 0 radical (unpaired) electrons. The minimum atomic E-state index is -0.210. The highest BCUT2D eigenvalue weighted by Crippen LogP contribution is 2.28. The van der Waals surface area contributed by atoms with E-state index in [1.54, 1.807) is 5.51 Å². The van der Waals surface area contributed by atoms with Crippen molar-refractivity contribution in [3.8, 4) is 0 Å². The second-order valence-corrected chi connectivity index (χ2v) is 6.59. The number of para-hydroxylation sites is 1. The lowest BCUT2D eigenvalue weighted by Crippen LogP contribution is -2.44. The average molecular weight is 327 g/mol. The molecule has 3 heterocycles. The summed E-state index contributed by atoms with van der Waals surface area (Å²) >= 11 is 1.33. The van der Waals surface area contributed by atoms with E-state index in [1.807, 2.05) is 13.0 Å². The molecule has 0 saturated heterocycles. The molecular weight excluding hydrogens is 310 g/mol. The standard InChI is InChI=1S/C16H17N5OS/c1-10(15(22)19-16-20-17-9-23-16)21-7-6-12-11-4-2-3-5-13(11)18-14(12)8-21/h2-5,9-10,18H,6-8H2,1H3,(H,19,20,22). The molecule has 1 aliphatic rings. The Morgan fingerprint density at radius 1 is 1.43 bits per heavy atom. The molecule has 1 unspecified atom stereocenters. The van der Waals surface area contributed by atoms with Gasteiger partial charge in [0.05, 0.1) is 6.04 Å². The minimum Gasteiger partial charge on any atom is -0.357 e. The predicted octanol–water partition coefficient (Wildman–Crippen LogP) is 2.40. The first-order valence-corrected chi connectivity index (χ1v) is 8.50. The lowest BCUT2D eigenvalue weighted by atomic mass is 10.0. The Hall–Kier alpha value is -2.25. The molecular formula is C16H17N5OS. The smallest absolute Gasteiger partial charge is 0.243 e. The summed E-state index contributed by atoms with van der Waals surface area (Å²) in [4.78, 5) is 18.0. The van der Waals surface area contributed by atoms with E-state index in [1.165, 1.54) is 33.5 Å². The van der Waals surface area contributed by atoms with E-state index in [-0.39, 0.29) is 11.9 Å². The van der Waals surface area contributed by atoms with Gasteiger partial charge in [-0.25, -0.2) is 0 Å². The van der Waals surface area contributed by atoms with Crippen molar-refractivity contribution >= 4 is 33.3 Å². The van der Waals surface area contributed by atoms with Crippen LogP contribution in [0.2, 0.25) is 0 Å². The summed E-state index contributed by atoms with van der Waals surface area (Å²) < 4.78 is 0. The van der Waals surface area contributed by atoms with Crippen molar-refractivity contribution in [1.29, 1.82) is 0 Å². The van der Waals surface area contributed by atoms with Gasteiger partial charge in [0, 0.05) is 29.7 Å². The molecule has 0 bridgehead atoms. The van der Waals surface area contributed by atoms with Gasteiger partial charge < -0.3 is 4.98 Å². The molecule has 118 valence electrons. The average Bonchev–Trinajstić information content (AvgIpc) is 3.20. The van der Waals surface area contributed by atoms with Crippen LogP contribution in [0.5, 0.6) is 0 Å². The van der Waals surface area contributed by atoms with Crippen molar-refractivity contribution in [2.75, 3.05) is 11.9 Å². The molecule has 3 aromatic rings. The van der Waals surface area contributed by atoms with Crippen LogP contribution < -0.4 is 5.32 Å². The number of H-pyrrole nitrogens is 1. The summed E-state index contributed by atoms with van der Waals surface area (Å²) in [6, 6.07) is 8.16. The lowest BCUT2D eigenvalue weighted by Gasteiger charge is -2.31. The largest absolute Gasteiger partial charge is 0.357 e. The molecule has 1 amide bonds. The molecule has 6 nitrogen and oxygen atoms in total. The zero-order valence-electron chi connectivity index (χ0n) is 12.7. The zero-order valence-corrected chi connectivity index (χ0v) is 13.6. The van der Waals surface area contributed by atoms with Crippen molar-refractivity contribution in [1.82, 2.24) is 20.1 Å². The van der Waals surface area contributed by atoms with Gasteiger partial charge in [-0.2, -0.15) is 0 Å². The molecule has 2 N–H and O–H groups in total. The van der Waals surface area contributed by atoms with E-state index in [2.05, 4.69) is 43.6 Å². The van der Waals surface area contributed by atoms with E-state index in [0.29, 0.717) is 5.13 Å². The first-order valence-electron chi connectivity index (χ1n) is 7.62. The topological polar surface area (TPSA) is 73.9 Å². The van der Waals surface area contributed by atoms with Crippen LogP contribution in [-0.2, 0) is 17.8 Å². The fourth-order valence-corrected chi connectivity index (χ4v) is 3.60. The predicted molar refractivity (Wildman–Crippen MR) is 90.4 cm³/mol. The fraction of sp³-hybridized carbons (Fsp3) is 0.312. The van der Waals surface area contributed by atoms with Gasteiger partial charge in [-0.15, -0.1) is 10.2 Å². The SMILES string of the molecule is CC(C(=O)Nc1nncs1)N1CCc2c([nH]c3ccccc23)C1. The summed E-state index contributed by atoms with van der Waals surface area (Å²) in [6.07, 6.45) is 0.954. The Kier molecular flexibility index (Phi) is 3.59.